The fraction of sp³-hybridized carbons (Fsp3) is 0.357. The highest BCUT2D eigenvalue weighted by Gasteiger charge is 2.19. The molecule has 0 bridgehead atoms. The smallest absolute Gasteiger partial charge is 0.141 e. The molecule has 0 aliphatic heterocycles. The van der Waals surface area contributed by atoms with Crippen LogP contribution >= 0.6 is 0 Å². The van der Waals surface area contributed by atoms with E-state index in [1.165, 1.54) is 0 Å². The summed E-state index contributed by atoms with van der Waals surface area (Å²) >= 11 is 0. The van der Waals surface area contributed by atoms with Crippen molar-refractivity contribution in [2.45, 2.75) is 19.1 Å². The summed E-state index contributed by atoms with van der Waals surface area (Å²) < 4.78 is 0. The normalized spacial score (nSPS) is 14.3. The van der Waals surface area contributed by atoms with Crippen molar-refractivity contribution in [1.82, 2.24) is 4.90 Å². The lowest BCUT2D eigenvalue weighted by Crippen LogP contribution is -2.35. The zero-order valence-electron chi connectivity index (χ0n) is 10.1. The monoisotopic (exact) mass is 233 g/mol. The second-order valence-electron chi connectivity index (χ2n) is 4.08. The average Bonchev–Trinajstić information content (AvgIpc) is 2.31. The highest BCUT2D eigenvalue weighted by molar-refractivity contribution is 5.61. The van der Waals surface area contributed by atoms with E-state index < -0.39 is 6.10 Å². The van der Waals surface area contributed by atoms with Gasteiger partial charge in [0.05, 0.1) is 12.1 Å². The van der Waals surface area contributed by atoms with Crippen LogP contribution in [0.15, 0.2) is 43.0 Å². The van der Waals surface area contributed by atoms with Crippen molar-refractivity contribution < 1.29 is 9.90 Å². The van der Waals surface area contributed by atoms with Gasteiger partial charge in [0.15, 0.2) is 0 Å². The Morgan fingerprint density at radius 3 is 2.53 bits per heavy atom. The summed E-state index contributed by atoms with van der Waals surface area (Å²) in [6.07, 6.45) is 2.17. The number of aliphatic hydroxyl groups excluding tert-OH is 1. The molecule has 0 saturated heterocycles. The third-order valence-corrected chi connectivity index (χ3v) is 2.53. The van der Waals surface area contributed by atoms with Crippen LogP contribution in [0.1, 0.15) is 18.5 Å². The van der Waals surface area contributed by atoms with Crippen molar-refractivity contribution >= 4 is 6.29 Å². The molecule has 92 valence electrons. The Balaban J connectivity index is 2.88. The summed E-state index contributed by atoms with van der Waals surface area (Å²) in [7, 11) is 0. The van der Waals surface area contributed by atoms with Crippen LogP contribution < -0.4 is 0 Å². The van der Waals surface area contributed by atoms with E-state index in [2.05, 4.69) is 6.58 Å². The maximum Gasteiger partial charge on any atom is 0.141 e. The molecule has 0 spiro atoms. The molecule has 0 amide bonds. The van der Waals surface area contributed by atoms with Crippen LogP contribution in [0.25, 0.3) is 0 Å². The van der Waals surface area contributed by atoms with Gasteiger partial charge in [0.2, 0.25) is 0 Å². The lowest BCUT2D eigenvalue weighted by Gasteiger charge is -2.28. The molecule has 0 heterocycles. The molecule has 3 nitrogen and oxygen atoms in total. The Hall–Kier alpha value is -1.45. The van der Waals surface area contributed by atoms with Crippen molar-refractivity contribution in [2.24, 2.45) is 0 Å². The number of benzene rings is 1. The molecule has 0 saturated carbocycles. The number of nitrogens with zero attached hydrogens (tertiary/aromatic N) is 1. The van der Waals surface area contributed by atoms with Gasteiger partial charge in [-0.2, -0.15) is 0 Å². The molecule has 1 aromatic rings. The van der Waals surface area contributed by atoms with Gasteiger partial charge >= 0.3 is 0 Å². The summed E-state index contributed by atoms with van der Waals surface area (Å²) in [4.78, 5) is 13.1. The van der Waals surface area contributed by atoms with E-state index in [0.717, 1.165) is 11.8 Å². The first-order valence-corrected chi connectivity index (χ1v) is 5.72. The van der Waals surface area contributed by atoms with Gasteiger partial charge in [0.25, 0.3) is 0 Å². The van der Waals surface area contributed by atoms with E-state index in [-0.39, 0.29) is 6.04 Å². The fourth-order valence-electron chi connectivity index (χ4n) is 1.83. The number of carbonyl (C=O) groups is 1. The van der Waals surface area contributed by atoms with Crippen LogP contribution in [0.5, 0.6) is 0 Å². The summed E-state index contributed by atoms with van der Waals surface area (Å²) in [5, 5.41) is 9.45. The van der Waals surface area contributed by atoms with Gasteiger partial charge in [-0.05, 0) is 12.5 Å². The van der Waals surface area contributed by atoms with E-state index >= 15 is 0 Å². The SMILES string of the molecule is C=CCN(C[C@@H](C)O)[C@@H](C=O)c1ccccc1. The van der Waals surface area contributed by atoms with Gasteiger partial charge in [-0.1, -0.05) is 36.4 Å². The van der Waals surface area contributed by atoms with Gasteiger partial charge in [0.1, 0.15) is 6.29 Å². The first kappa shape index (κ1) is 13.6. The first-order chi connectivity index (χ1) is 8.19. The van der Waals surface area contributed by atoms with Crippen molar-refractivity contribution in [1.29, 1.82) is 0 Å². The molecule has 1 rings (SSSR count). The highest BCUT2D eigenvalue weighted by Crippen LogP contribution is 2.18. The lowest BCUT2D eigenvalue weighted by molar-refractivity contribution is -0.112. The number of carbonyl (C=O) groups excluding carboxylic acids is 1. The number of aliphatic hydroxyl groups is 1. The summed E-state index contributed by atoms with van der Waals surface area (Å²) in [5.41, 5.74) is 0.935. The predicted octanol–water partition coefficient (Wildman–Crippen LogP) is 1.80. The Bertz CT molecular complexity index is 348. The maximum absolute atomic E-state index is 11.2. The van der Waals surface area contributed by atoms with Crippen LogP contribution in [0, 0.1) is 0 Å². The van der Waals surface area contributed by atoms with E-state index in [0.29, 0.717) is 13.1 Å². The minimum absolute atomic E-state index is 0.330. The average molecular weight is 233 g/mol. The minimum atomic E-state index is -0.471. The van der Waals surface area contributed by atoms with Crippen molar-refractivity contribution in [3.8, 4) is 0 Å². The standard InChI is InChI=1S/C14H19NO2/c1-3-9-15(10-12(2)17)14(11-16)13-7-5-4-6-8-13/h3-8,11-12,14,17H,1,9-10H2,2H3/t12-,14+/m1/s1. The largest absolute Gasteiger partial charge is 0.392 e. The summed E-state index contributed by atoms with van der Waals surface area (Å²) in [6, 6.07) is 9.22. The molecule has 2 atom stereocenters. The van der Waals surface area contributed by atoms with Crippen LogP contribution in [0.2, 0.25) is 0 Å². The number of rotatable bonds is 7. The molecule has 1 N–H and O–H groups in total. The van der Waals surface area contributed by atoms with E-state index in [9.17, 15) is 9.90 Å². The second-order valence-corrected chi connectivity index (χ2v) is 4.08. The Labute approximate surface area is 102 Å². The number of hydrogen-bond donors (Lipinski definition) is 1. The van der Waals surface area contributed by atoms with E-state index in [4.69, 9.17) is 0 Å². The van der Waals surface area contributed by atoms with Crippen LogP contribution in [-0.2, 0) is 4.79 Å². The molecular weight excluding hydrogens is 214 g/mol. The molecule has 0 unspecified atom stereocenters. The summed E-state index contributed by atoms with van der Waals surface area (Å²) in [6.45, 7) is 6.41. The number of aldehydes is 1. The third kappa shape index (κ3) is 4.13. The Kier molecular flexibility index (Phi) is 5.60. The van der Waals surface area contributed by atoms with Crippen LogP contribution in [-0.4, -0.2) is 35.5 Å². The first-order valence-electron chi connectivity index (χ1n) is 5.72. The van der Waals surface area contributed by atoms with E-state index in [1.54, 1.807) is 13.0 Å². The van der Waals surface area contributed by atoms with Crippen molar-refractivity contribution in [2.75, 3.05) is 13.1 Å². The van der Waals surface area contributed by atoms with Crippen LogP contribution in [0.3, 0.4) is 0 Å². The van der Waals surface area contributed by atoms with Gasteiger partial charge in [-0.15, -0.1) is 6.58 Å². The predicted molar refractivity (Wildman–Crippen MR) is 68.7 cm³/mol. The summed E-state index contributed by atoms with van der Waals surface area (Å²) in [5.74, 6) is 0. The molecule has 0 aliphatic carbocycles. The third-order valence-electron chi connectivity index (χ3n) is 2.53. The van der Waals surface area contributed by atoms with Crippen molar-refractivity contribution in [3.63, 3.8) is 0 Å². The second kappa shape index (κ2) is 6.99. The molecule has 0 aromatic heterocycles. The maximum atomic E-state index is 11.2. The zero-order chi connectivity index (χ0) is 12.7. The minimum Gasteiger partial charge on any atom is -0.392 e. The Morgan fingerprint density at radius 2 is 2.06 bits per heavy atom. The Morgan fingerprint density at radius 1 is 1.41 bits per heavy atom. The topological polar surface area (TPSA) is 40.5 Å². The molecule has 1 aromatic carbocycles. The molecule has 0 aliphatic rings. The van der Waals surface area contributed by atoms with Crippen molar-refractivity contribution in [3.05, 3.63) is 48.6 Å². The van der Waals surface area contributed by atoms with Gasteiger partial charge in [-0.3, -0.25) is 4.90 Å². The highest BCUT2D eigenvalue weighted by atomic mass is 16.3. The lowest BCUT2D eigenvalue weighted by atomic mass is 10.1. The van der Waals surface area contributed by atoms with Gasteiger partial charge in [0, 0.05) is 13.1 Å². The van der Waals surface area contributed by atoms with Crippen LogP contribution in [0.4, 0.5) is 0 Å². The van der Waals surface area contributed by atoms with Gasteiger partial charge < -0.3 is 9.90 Å². The molecule has 0 radical (unpaired) electrons. The molecule has 0 fully saturated rings. The number of hydrogen-bond acceptors (Lipinski definition) is 3. The zero-order valence-corrected chi connectivity index (χ0v) is 10.1. The molecule has 3 heteroatoms. The van der Waals surface area contributed by atoms with E-state index in [1.807, 2.05) is 35.2 Å². The van der Waals surface area contributed by atoms with Gasteiger partial charge in [-0.25, -0.2) is 0 Å². The fourth-order valence-corrected chi connectivity index (χ4v) is 1.83. The quantitative estimate of drug-likeness (QED) is 0.576. The molecular formula is C14H19NO2. The molecule has 17 heavy (non-hydrogen) atoms.